The van der Waals surface area contributed by atoms with E-state index in [0.29, 0.717) is 5.69 Å². The molecule has 0 saturated carbocycles. The van der Waals surface area contributed by atoms with Crippen LogP contribution in [-0.4, -0.2) is 10.1 Å². The molecule has 0 bridgehead atoms. The molecule has 2 aromatic rings. The lowest BCUT2D eigenvalue weighted by molar-refractivity contribution is 0.481. The number of pyridine rings is 1. The number of aryl methyl sites for hydroxylation is 1. The van der Waals surface area contributed by atoms with Crippen LogP contribution < -0.4 is 5.73 Å². The van der Waals surface area contributed by atoms with Crippen molar-refractivity contribution in [1.82, 2.24) is 4.98 Å². The van der Waals surface area contributed by atoms with Crippen LogP contribution in [0.4, 0.5) is 5.69 Å². The van der Waals surface area contributed by atoms with E-state index in [9.17, 15) is 5.11 Å². The molecule has 3 heteroatoms. The van der Waals surface area contributed by atoms with Crippen LogP contribution in [0.5, 0.6) is 5.75 Å². The van der Waals surface area contributed by atoms with Crippen LogP contribution in [0, 0.1) is 6.92 Å². The zero-order valence-corrected chi connectivity index (χ0v) is 7.28. The van der Waals surface area contributed by atoms with E-state index >= 15 is 0 Å². The number of nitrogens with two attached hydrogens (primary N) is 1. The average molecular weight is 174 g/mol. The Morgan fingerprint density at radius 1 is 1.31 bits per heavy atom. The molecule has 0 aliphatic carbocycles. The van der Waals surface area contributed by atoms with Gasteiger partial charge in [0.25, 0.3) is 0 Å². The van der Waals surface area contributed by atoms with Gasteiger partial charge in [-0.25, -0.2) is 0 Å². The number of phenols is 1. The number of hydrogen-bond acceptors (Lipinski definition) is 3. The number of nitrogen functional groups attached to an aromatic ring is 1. The van der Waals surface area contributed by atoms with Gasteiger partial charge < -0.3 is 10.8 Å². The Morgan fingerprint density at radius 3 is 2.77 bits per heavy atom. The van der Waals surface area contributed by atoms with Gasteiger partial charge in [-0.05, 0) is 25.1 Å². The maximum atomic E-state index is 9.58. The predicted molar refractivity (Wildman–Crippen MR) is 52.6 cm³/mol. The smallest absolute Gasteiger partial charge is 0.125 e. The maximum Gasteiger partial charge on any atom is 0.125 e. The molecule has 66 valence electrons. The van der Waals surface area contributed by atoms with Crippen molar-refractivity contribution < 1.29 is 5.11 Å². The molecule has 0 saturated heterocycles. The maximum absolute atomic E-state index is 9.58. The van der Waals surface area contributed by atoms with Gasteiger partial charge in [0.05, 0.1) is 0 Å². The summed E-state index contributed by atoms with van der Waals surface area (Å²) in [5.74, 6) is 0.231. The summed E-state index contributed by atoms with van der Waals surface area (Å²) in [6.45, 7) is 1.85. The summed E-state index contributed by atoms with van der Waals surface area (Å²) >= 11 is 0. The van der Waals surface area contributed by atoms with Crippen LogP contribution in [0.15, 0.2) is 24.4 Å². The fraction of sp³-hybridized carbons (Fsp3) is 0.100. The SMILES string of the molecule is Cc1nccc2c(N)ccc(O)c12. The number of aromatic nitrogens is 1. The first-order valence-corrected chi connectivity index (χ1v) is 4.03. The van der Waals surface area contributed by atoms with E-state index in [1.54, 1.807) is 24.4 Å². The molecule has 0 radical (unpaired) electrons. The second kappa shape index (κ2) is 2.62. The molecule has 1 heterocycles. The predicted octanol–water partition coefficient (Wildman–Crippen LogP) is 1.83. The number of hydrogen-bond donors (Lipinski definition) is 2. The van der Waals surface area contributed by atoms with Crippen molar-refractivity contribution >= 4 is 16.5 Å². The first-order chi connectivity index (χ1) is 6.20. The fourth-order valence-corrected chi connectivity index (χ4v) is 1.47. The summed E-state index contributed by atoms with van der Waals surface area (Å²) in [5.41, 5.74) is 7.21. The largest absolute Gasteiger partial charge is 0.507 e. The fourth-order valence-electron chi connectivity index (χ4n) is 1.47. The van der Waals surface area contributed by atoms with Gasteiger partial charge in [-0.15, -0.1) is 0 Å². The average Bonchev–Trinajstić information content (AvgIpc) is 2.12. The van der Waals surface area contributed by atoms with Crippen molar-refractivity contribution in [3.8, 4) is 5.75 Å². The zero-order valence-electron chi connectivity index (χ0n) is 7.28. The second-order valence-corrected chi connectivity index (χ2v) is 2.99. The Balaban J connectivity index is 3.00. The zero-order chi connectivity index (χ0) is 9.42. The third-order valence-corrected chi connectivity index (χ3v) is 2.13. The highest BCUT2D eigenvalue weighted by Crippen LogP contribution is 2.30. The molecule has 0 aliphatic rings. The summed E-state index contributed by atoms with van der Waals surface area (Å²) in [6, 6.07) is 5.08. The number of phenolic OH excluding ortho intramolecular Hbond substituents is 1. The summed E-state index contributed by atoms with van der Waals surface area (Å²) in [6.07, 6.45) is 1.69. The number of fused-ring (bicyclic) bond motifs is 1. The van der Waals surface area contributed by atoms with Gasteiger partial charge in [-0.2, -0.15) is 0 Å². The lowest BCUT2D eigenvalue weighted by Gasteiger charge is -2.05. The highest BCUT2D eigenvalue weighted by Gasteiger charge is 2.05. The van der Waals surface area contributed by atoms with Gasteiger partial charge in [0, 0.05) is 28.4 Å². The first kappa shape index (κ1) is 7.86. The summed E-state index contributed by atoms with van der Waals surface area (Å²) in [5, 5.41) is 11.2. The molecule has 3 nitrogen and oxygen atoms in total. The monoisotopic (exact) mass is 174 g/mol. The van der Waals surface area contributed by atoms with E-state index in [4.69, 9.17) is 5.73 Å². The van der Waals surface area contributed by atoms with Crippen LogP contribution in [0.2, 0.25) is 0 Å². The number of aromatic hydroxyl groups is 1. The minimum Gasteiger partial charge on any atom is -0.507 e. The lowest BCUT2D eigenvalue weighted by Crippen LogP contribution is -1.90. The Morgan fingerprint density at radius 2 is 2.08 bits per heavy atom. The molecule has 0 atom stereocenters. The number of nitrogens with zero attached hydrogens (tertiary/aromatic N) is 1. The quantitative estimate of drug-likeness (QED) is 0.473. The van der Waals surface area contributed by atoms with Gasteiger partial charge in [0.1, 0.15) is 5.75 Å². The van der Waals surface area contributed by atoms with Crippen molar-refractivity contribution in [2.24, 2.45) is 0 Å². The third kappa shape index (κ3) is 1.09. The molecule has 0 aliphatic heterocycles. The second-order valence-electron chi connectivity index (χ2n) is 2.99. The van der Waals surface area contributed by atoms with Crippen molar-refractivity contribution in [2.45, 2.75) is 6.92 Å². The summed E-state index contributed by atoms with van der Waals surface area (Å²) in [4.78, 5) is 4.09. The molecule has 1 aromatic carbocycles. The van der Waals surface area contributed by atoms with Gasteiger partial charge in [0.2, 0.25) is 0 Å². The van der Waals surface area contributed by atoms with Gasteiger partial charge in [-0.3, -0.25) is 4.98 Å². The normalized spacial score (nSPS) is 10.5. The van der Waals surface area contributed by atoms with Gasteiger partial charge in [-0.1, -0.05) is 0 Å². The van der Waals surface area contributed by atoms with E-state index in [0.717, 1.165) is 16.5 Å². The van der Waals surface area contributed by atoms with Crippen LogP contribution in [0.25, 0.3) is 10.8 Å². The lowest BCUT2D eigenvalue weighted by atomic mass is 10.1. The Hall–Kier alpha value is -1.77. The molecule has 13 heavy (non-hydrogen) atoms. The Kier molecular flexibility index (Phi) is 1.59. The molecule has 0 fully saturated rings. The van der Waals surface area contributed by atoms with E-state index < -0.39 is 0 Å². The van der Waals surface area contributed by atoms with E-state index in [1.165, 1.54) is 0 Å². The Labute approximate surface area is 75.8 Å². The van der Waals surface area contributed by atoms with Crippen LogP contribution >= 0.6 is 0 Å². The summed E-state index contributed by atoms with van der Waals surface area (Å²) < 4.78 is 0. The van der Waals surface area contributed by atoms with E-state index in [2.05, 4.69) is 4.98 Å². The minimum atomic E-state index is 0.231. The molecule has 0 amide bonds. The van der Waals surface area contributed by atoms with E-state index in [1.807, 2.05) is 6.92 Å². The van der Waals surface area contributed by atoms with E-state index in [-0.39, 0.29) is 5.75 Å². The molecule has 1 aromatic heterocycles. The molecule has 2 rings (SSSR count). The van der Waals surface area contributed by atoms with Crippen LogP contribution in [-0.2, 0) is 0 Å². The standard InChI is InChI=1S/C10H10N2O/c1-6-10-7(4-5-12-6)8(11)2-3-9(10)13/h2-5,13H,11H2,1H3. The molecular formula is C10H10N2O. The molecule has 0 spiro atoms. The highest BCUT2D eigenvalue weighted by atomic mass is 16.3. The molecule has 3 N–H and O–H groups in total. The van der Waals surface area contributed by atoms with Crippen molar-refractivity contribution in [1.29, 1.82) is 0 Å². The molecular weight excluding hydrogens is 164 g/mol. The number of benzene rings is 1. The van der Waals surface area contributed by atoms with Crippen LogP contribution in [0.1, 0.15) is 5.69 Å². The number of anilines is 1. The first-order valence-electron chi connectivity index (χ1n) is 4.03. The van der Waals surface area contributed by atoms with Gasteiger partial charge >= 0.3 is 0 Å². The van der Waals surface area contributed by atoms with Crippen molar-refractivity contribution in [2.75, 3.05) is 5.73 Å². The Bertz CT molecular complexity index is 457. The van der Waals surface area contributed by atoms with Crippen molar-refractivity contribution in [3.63, 3.8) is 0 Å². The topological polar surface area (TPSA) is 59.1 Å². The third-order valence-electron chi connectivity index (χ3n) is 2.13. The highest BCUT2D eigenvalue weighted by molar-refractivity contribution is 5.97. The number of rotatable bonds is 0. The van der Waals surface area contributed by atoms with Gasteiger partial charge in [0.15, 0.2) is 0 Å². The molecule has 0 unspecified atom stereocenters. The van der Waals surface area contributed by atoms with Crippen LogP contribution in [0.3, 0.4) is 0 Å². The van der Waals surface area contributed by atoms with Crippen molar-refractivity contribution in [3.05, 3.63) is 30.1 Å². The minimum absolute atomic E-state index is 0.231. The summed E-state index contributed by atoms with van der Waals surface area (Å²) in [7, 11) is 0.